The molecule has 1 aliphatic rings. The third kappa shape index (κ3) is 2.62. The highest BCUT2D eigenvalue weighted by atomic mass is 15.3. The predicted octanol–water partition coefficient (Wildman–Crippen LogP) is 2.29. The summed E-state index contributed by atoms with van der Waals surface area (Å²) in [4.78, 5) is 11.1. The Bertz CT molecular complexity index is 336. The van der Waals surface area contributed by atoms with E-state index in [1.165, 1.54) is 12.8 Å². The minimum absolute atomic E-state index is 0.707. The number of rotatable bonds is 6. The van der Waals surface area contributed by atoms with Crippen LogP contribution in [0.3, 0.4) is 0 Å². The molecule has 1 aliphatic carbocycles. The molecule has 2 rings (SSSR count). The second-order valence-corrected chi connectivity index (χ2v) is 4.18. The zero-order valence-corrected chi connectivity index (χ0v) is 10.1. The Labute approximate surface area is 97.1 Å². The number of hydrogen-bond acceptors (Lipinski definition) is 4. The third-order valence-electron chi connectivity index (χ3n) is 2.80. The van der Waals surface area contributed by atoms with Gasteiger partial charge in [0.15, 0.2) is 0 Å². The van der Waals surface area contributed by atoms with Crippen LogP contribution in [-0.2, 0) is 0 Å². The Morgan fingerprint density at radius 1 is 1.44 bits per heavy atom. The first-order chi connectivity index (χ1) is 7.85. The van der Waals surface area contributed by atoms with E-state index in [1.807, 2.05) is 12.3 Å². The van der Waals surface area contributed by atoms with Crippen LogP contribution in [-0.4, -0.2) is 29.1 Å². The Hall–Kier alpha value is -1.32. The Morgan fingerprint density at radius 3 is 2.88 bits per heavy atom. The quantitative estimate of drug-likeness (QED) is 0.798. The summed E-state index contributed by atoms with van der Waals surface area (Å²) in [6, 6.07) is 2.71. The van der Waals surface area contributed by atoms with Crippen LogP contribution in [0.5, 0.6) is 0 Å². The van der Waals surface area contributed by atoms with Gasteiger partial charge >= 0.3 is 0 Å². The topological polar surface area (TPSA) is 41.1 Å². The van der Waals surface area contributed by atoms with Gasteiger partial charge in [0.2, 0.25) is 5.95 Å². The molecular formula is C12H20N4. The van der Waals surface area contributed by atoms with Gasteiger partial charge in [-0.3, -0.25) is 0 Å². The molecule has 0 amide bonds. The van der Waals surface area contributed by atoms with Gasteiger partial charge in [-0.2, -0.15) is 4.98 Å². The summed E-state index contributed by atoms with van der Waals surface area (Å²) in [7, 11) is 0. The van der Waals surface area contributed by atoms with Crippen molar-refractivity contribution in [2.75, 3.05) is 23.3 Å². The summed E-state index contributed by atoms with van der Waals surface area (Å²) >= 11 is 0. The van der Waals surface area contributed by atoms with Crippen molar-refractivity contribution in [3.8, 4) is 0 Å². The lowest BCUT2D eigenvalue weighted by Crippen LogP contribution is -2.26. The monoisotopic (exact) mass is 220 g/mol. The number of aromatic nitrogens is 2. The maximum absolute atomic E-state index is 4.55. The lowest BCUT2D eigenvalue weighted by atomic mass is 10.4. The zero-order valence-electron chi connectivity index (χ0n) is 10.1. The van der Waals surface area contributed by atoms with Gasteiger partial charge in [0.1, 0.15) is 5.82 Å². The third-order valence-corrected chi connectivity index (χ3v) is 2.80. The highest BCUT2D eigenvalue weighted by Gasteiger charge is 2.28. The fraction of sp³-hybridized carbons (Fsp3) is 0.667. The van der Waals surface area contributed by atoms with Crippen molar-refractivity contribution in [1.82, 2.24) is 9.97 Å². The van der Waals surface area contributed by atoms with E-state index >= 15 is 0 Å². The van der Waals surface area contributed by atoms with E-state index in [9.17, 15) is 0 Å². The van der Waals surface area contributed by atoms with Crippen molar-refractivity contribution in [2.24, 2.45) is 0 Å². The summed E-state index contributed by atoms with van der Waals surface area (Å²) in [5, 5.41) is 3.22. The van der Waals surface area contributed by atoms with Crippen molar-refractivity contribution in [3.63, 3.8) is 0 Å². The molecule has 1 aromatic rings. The largest absolute Gasteiger partial charge is 0.354 e. The highest BCUT2D eigenvalue weighted by Crippen LogP contribution is 2.30. The van der Waals surface area contributed by atoms with E-state index in [0.717, 1.165) is 31.3 Å². The first-order valence-electron chi connectivity index (χ1n) is 6.18. The molecule has 1 aromatic heterocycles. The smallest absolute Gasteiger partial charge is 0.224 e. The number of anilines is 2. The van der Waals surface area contributed by atoms with Gasteiger partial charge in [-0.25, -0.2) is 4.98 Å². The number of hydrogen-bond donors (Lipinski definition) is 1. The summed E-state index contributed by atoms with van der Waals surface area (Å²) in [5.41, 5.74) is 0. The molecule has 1 heterocycles. The van der Waals surface area contributed by atoms with Crippen LogP contribution < -0.4 is 10.2 Å². The van der Waals surface area contributed by atoms with Gasteiger partial charge in [-0.1, -0.05) is 6.92 Å². The van der Waals surface area contributed by atoms with E-state index < -0.39 is 0 Å². The summed E-state index contributed by atoms with van der Waals surface area (Å²) < 4.78 is 0. The molecule has 0 spiro atoms. The molecule has 4 nitrogen and oxygen atoms in total. The minimum Gasteiger partial charge on any atom is -0.354 e. The fourth-order valence-corrected chi connectivity index (χ4v) is 1.82. The highest BCUT2D eigenvalue weighted by molar-refractivity contribution is 5.44. The van der Waals surface area contributed by atoms with Gasteiger partial charge in [-0.05, 0) is 32.3 Å². The van der Waals surface area contributed by atoms with Crippen LogP contribution >= 0.6 is 0 Å². The Morgan fingerprint density at radius 2 is 2.25 bits per heavy atom. The van der Waals surface area contributed by atoms with E-state index in [4.69, 9.17) is 0 Å². The van der Waals surface area contributed by atoms with E-state index in [2.05, 4.69) is 34.0 Å². The van der Waals surface area contributed by atoms with E-state index in [0.29, 0.717) is 6.04 Å². The summed E-state index contributed by atoms with van der Waals surface area (Å²) in [6.45, 7) is 6.27. The Balaban J connectivity index is 2.07. The summed E-state index contributed by atoms with van der Waals surface area (Å²) in [6.07, 6.45) is 5.53. The molecule has 0 atom stereocenters. The van der Waals surface area contributed by atoms with Crippen molar-refractivity contribution >= 4 is 11.8 Å². The molecule has 0 saturated heterocycles. The van der Waals surface area contributed by atoms with Crippen LogP contribution in [0, 0.1) is 0 Å². The predicted molar refractivity (Wildman–Crippen MR) is 66.9 cm³/mol. The van der Waals surface area contributed by atoms with E-state index in [-0.39, 0.29) is 0 Å². The Kier molecular flexibility index (Phi) is 3.59. The molecule has 0 radical (unpaired) electrons. The average molecular weight is 220 g/mol. The van der Waals surface area contributed by atoms with Gasteiger partial charge in [0.05, 0.1) is 0 Å². The van der Waals surface area contributed by atoms with Crippen LogP contribution in [0.1, 0.15) is 33.1 Å². The molecule has 0 bridgehead atoms. The first kappa shape index (κ1) is 11.2. The van der Waals surface area contributed by atoms with Crippen molar-refractivity contribution in [2.45, 2.75) is 39.2 Å². The van der Waals surface area contributed by atoms with Gasteiger partial charge < -0.3 is 10.2 Å². The van der Waals surface area contributed by atoms with Gasteiger partial charge in [-0.15, -0.1) is 0 Å². The van der Waals surface area contributed by atoms with Crippen LogP contribution in [0.4, 0.5) is 11.8 Å². The minimum atomic E-state index is 0.707. The molecular weight excluding hydrogens is 200 g/mol. The molecule has 1 saturated carbocycles. The molecule has 88 valence electrons. The van der Waals surface area contributed by atoms with Crippen LogP contribution in [0.2, 0.25) is 0 Å². The van der Waals surface area contributed by atoms with Crippen LogP contribution in [0.25, 0.3) is 0 Å². The normalized spacial score (nSPS) is 14.9. The van der Waals surface area contributed by atoms with Gasteiger partial charge in [0.25, 0.3) is 0 Å². The first-order valence-corrected chi connectivity index (χ1v) is 6.18. The van der Waals surface area contributed by atoms with E-state index in [1.54, 1.807) is 0 Å². The lowest BCUT2D eigenvalue weighted by Gasteiger charge is -2.21. The molecule has 0 unspecified atom stereocenters. The standard InChI is InChI=1S/C12H20N4/c1-3-8-13-12-14-9-7-11(15-12)16(4-2)10-5-6-10/h7,9-10H,3-6,8H2,1-2H3,(H,13,14,15). The van der Waals surface area contributed by atoms with Gasteiger partial charge in [0, 0.05) is 25.3 Å². The average Bonchev–Trinajstić information content (AvgIpc) is 3.12. The molecule has 16 heavy (non-hydrogen) atoms. The van der Waals surface area contributed by atoms with Crippen molar-refractivity contribution < 1.29 is 0 Å². The molecule has 4 heteroatoms. The second kappa shape index (κ2) is 5.14. The number of nitrogens with zero attached hydrogens (tertiary/aromatic N) is 3. The van der Waals surface area contributed by atoms with Crippen LogP contribution in [0.15, 0.2) is 12.3 Å². The molecule has 0 aromatic carbocycles. The van der Waals surface area contributed by atoms with Crippen molar-refractivity contribution in [3.05, 3.63) is 12.3 Å². The zero-order chi connectivity index (χ0) is 11.4. The molecule has 0 aliphatic heterocycles. The lowest BCUT2D eigenvalue weighted by molar-refractivity contribution is 0.804. The molecule has 1 N–H and O–H groups in total. The number of nitrogens with one attached hydrogen (secondary N) is 1. The SMILES string of the molecule is CCCNc1nccc(N(CC)C2CC2)n1. The maximum atomic E-state index is 4.55. The fourth-order valence-electron chi connectivity index (χ4n) is 1.82. The molecule has 1 fully saturated rings. The van der Waals surface area contributed by atoms with Crippen molar-refractivity contribution in [1.29, 1.82) is 0 Å². The maximum Gasteiger partial charge on any atom is 0.224 e. The second-order valence-electron chi connectivity index (χ2n) is 4.18. The summed E-state index contributed by atoms with van der Waals surface area (Å²) in [5.74, 6) is 1.80.